The second-order valence-corrected chi connectivity index (χ2v) is 8.37. The van der Waals surface area contributed by atoms with E-state index in [4.69, 9.17) is 4.74 Å². The molecule has 7 nitrogen and oxygen atoms in total. The Balaban J connectivity index is 1.52. The fourth-order valence-electron chi connectivity index (χ4n) is 3.60. The van der Waals surface area contributed by atoms with Crippen molar-refractivity contribution in [2.24, 2.45) is 5.92 Å². The number of rotatable bonds is 7. The molecular formula is C25H31N3O4. The Kier molecular flexibility index (Phi) is 7.87. The van der Waals surface area contributed by atoms with Gasteiger partial charge in [-0.15, -0.1) is 0 Å². The van der Waals surface area contributed by atoms with E-state index in [1.807, 2.05) is 63.2 Å². The number of nitrogens with zero attached hydrogens (tertiary/aromatic N) is 2. The van der Waals surface area contributed by atoms with Crippen molar-refractivity contribution in [2.75, 3.05) is 32.8 Å². The summed E-state index contributed by atoms with van der Waals surface area (Å²) in [6.45, 7) is 7.45. The average Bonchev–Trinajstić information content (AvgIpc) is 2.81. The molecule has 1 aliphatic heterocycles. The number of nitrogens with one attached hydrogen (secondary N) is 1. The van der Waals surface area contributed by atoms with Crippen molar-refractivity contribution in [2.45, 2.75) is 26.8 Å². The summed E-state index contributed by atoms with van der Waals surface area (Å²) in [7, 11) is 0. The van der Waals surface area contributed by atoms with Crippen LogP contribution >= 0.6 is 0 Å². The topological polar surface area (TPSA) is 79.0 Å². The van der Waals surface area contributed by atoms with Crippen LogP contribution in [-0.4, -0.2) is 66.3 Å². The van der Waals surface area contributed by atoms with E-state index in [1.165, 1.54) is 0 Å². The van der Waals surface area contributed by atoms with Crippen LogP contribution in [0.15, 0.2) is 54.6 Å². The minimum atomic E-state index is -0.638. The van der Waals surface area contributed by atoms with E-state index in [1.54, 1.807) is 21.9 Å². The van der Waals surface area contributed by atoms with Crippen LogP contribution in [0.1, 0.15) is 29.8 Å². The van der Waals surface area contributed by atoms with Crippen molar-refractivity contribution in [3.63, 3.8) is 0 Å². The minimum Gasteiger partial charge on any atom is -0.484 e. The van der Waals surface area contributed by atoms with Gasteiger partial charge < -0.3 is 19.9 Å². The van der Waals surface area contributed by atoms with Gasteiger partial charge in [-0.25, -0.2) is 0 Å². The van der Waals surface area contributed by atoms with Gasteiger partial charge in [-0.05, 0) is 37.1 Å². The Bertz CT molecular complexity index is 920. The highest BCUT2D eigenvalue weighted by Gasteiger charge is 2.32. The highest BCUT2D eigenvalue weighted by atomic mass is 16.5. The van der Waals surface area contributed by atoms with Crippen molar-refractivity contribution >= 4 is 17.7 Å². The van der Waals surface area contributed by atoms with Gasteiger partial charge in [0.25, 0.3) is 11.8 Å². The number of amides is 3. The molecule has 1 aliphatic rings. The summed E-state index contributed by atoms with van der Waals surface area (Å²) in [5, 5.41) is 2.81. The van der Waals surface area contributed by atoms with Crippen molar-refractivity contribution < 1.29 is 19.1 Å². The quantitative estimate of drug-likeness (QED) is 0.722. The van der Waals surface area contributed by atoms with Gasteiger partial charge in [0.2, 0.25) is 5.91 Å². The number of aryl methyl sites for hydroxylation is 1. The molecule has 7 heteroatoms. The molecule has 0 radical (unpaired) electrons. The van der Waals surface area contributed by atoms with Crippen molar-refractivity contribution in [3.05, 3.63) is 65.7 Å². The molecule has 1 saturated heterocycles. The second-order valence-electron chi connectivity index (χ2n) is 8.37. The molecule has 170 valence electrons. The minimum absolute atomic E-state index is 0.0242. The predicted molar refractivity (Wildman–Crippen MR) is 122 cm³/mol. The van der Waals surface area contributed by atoms with Crippen molar-refractivity contribution in [1.29, 1.82) is 0 Å². The van der Waals surface area contributed by atoms with Gasteiger partial charge in [0, 0.05) is 31.7 Å². The first-order valence-corrected chi connectivity index (χ1v) is 11.0. The van der Waals surface area contributed by atoms with Crippen LogP contribution in [0.4, 0.5) is 0 Å². The van der Waals surface area contributed by atoms with Gasteiger partial charge in [-0.2, -0.15) is 0 Å². The number of benzene rings is 2. The van der Waals surface area contributed by atoms with Crippen LogP contribution in [0.25, 0.3) is 0 Å². The number of piperazine rings is 1. The number of carbonyl (C=O) groups excluding carboxylic acids is 3. The molecule has 32 heavy (non-hydrogen) atoms. The van der Waals surface area contributed by atoms with Crippen LogP contribution in [-0.2, 0) is 9.59 Å². The zero-order valence-electron chi connectivity index (χ0n) is 18.9. The van der Waals surface area contributed by atoms with Gasteiger partial charge in [0.1, 0.15) is 11.8 Å². The molecule has 3 amide bonds. The Hall–Kier alpha value is -3.35. The van der Waals surface area contributed by atoms with Gasteiger partial charge in [-0.3, -0.25) is 14.4 Å². The molecule has 1 N–H and O–H groups in total. The molecule has 0 aliphatic carbocycles. The van der Waals surface area contributed by atoms with E-state index >= 15 is 0 Å². The number of hydrogen-bond acceptors (Lipinski definition) is 4. The Morgan fingerprint density at radius 3 is 2.09 bits per heavy atom. The van der Waals surface area contributed by atoms with Gasteiger partial charge in [0.15, 0.2) is 6.61 Å². The van der Waals surface area contributed by atoms with E-state index in [-0.39, 0.29) is 30.2 Å². The first-order valence-electron chi connectivity index (χ1n) is 11.0. The van der Waals surface area contributed by atoms with Crippen molar-refractivity contribution in [1.82, 2.24) is 15.1 Å². The largest absolute Gasteiger partial charge is 0.484 e. The van der Waals surface area contributed by atoms with Crippen LogP contribution < -0.4 is 10.1 Å². The number of hydrogen-bond donors (Lipinski definition) is 1. The summed E-state index contributed by atoms with van der Waals surface area (Å²) in [4.78, 5) is 41.7. The SMILES string of the molecule is Cc1ccc(C(=O)N2CCN(C(=O)C(NC(=O)COc3ccccc3)C(C)C)CC2)cc1. The summed E-state index contributed by atoms with van der Waals surface area (Å²) in [5.41, 5.74) is 1.76. The first-order chi connectivity index (χ1) is 15.3. The lowest BCUT2D eigenvalue weighted by Gasteiger charge is -2.37. The fraction of sp³-hybridized carbons (Fsp3) is 0.400. The van der Waals surface area contributed by atoms with Crippen LogP contribution in [0, 0.1) is 12.8 Å². The molecule has 0 bridgehead atoms. The third-order valence-corrected chi connectivity index (χ3v) is 5.54. The lowest BCUT2D eigenvalue weighted by Crippen LogP contribution is -2.57. The maximum Gasteiger partial charge on any atom is 0.258 e. The molecule has 1 fully saturated rings. The summed E-state index contributed by atoms with van der Waals surface area (Å²) < 4.78 is 5.48. The molecule has 0 saturated carbocycles. The first kappa shape index (κ1) is 23.3. The van der Waals surface area contributed by atoms with E-state index in [0.717, 1.165) is 5.56 Å². The van der Waals surface area contributed by atoms with Crippen LogP contribution in [0.2, 0.25) is 0 Å². The summed E-state index contributed by atoms with van der Waals surface area (Å²) in [5.74, 6) is 0.0355. The van der Waals surface area contributed by atoms with E-state index < -0.39 is 6.04 Å². The number of carbonyl (C=O) groups is 3. The normalized spacial score (nSPS) is 14.8. The zero-order chi connectivity index (χ0) is 23.1. The van der Waals surface area contributed by atoms with E-state index in [0.29, 0.717) is 37.5 Å². The van der Waals surface area contributed by atoms with Gasteiger partial charge in [-0.1, -0.05) is 49.7 Å². The molecule has 1 atom stereocenters. The third kappa shape index (κ3) is 6.09. The number of ether oxygens (including phenoxy) is 1. The Morgan fingerprint density at radius 2 is 1.50 bits per heavy atom. The third-order valence-electron chi connectivity index (χ3n) is 5.54. The average molecular weight is 438 g/mol. The van der Waals surface area contributed by atoms with Gasteiger partial charge in [0.05, 0.1) is 0 Å². The van der Waals surface area contributed by atoms with Gasteiger partial charge >= 0.3 is 0 Å². The molecule has 0 aromatic heterocycles. The summed E-state index contributed by atoms with van der Waals surface area (Å²) in [6.07, 6.45) is 0. The lowest BCUT2D eigenvalue weighted by molar-refractivity contribution is -0.139. The lowest BCUT2D eigenvalue weighted by atomic mass is 10.0. The fourth-order valence-corrected chi connectivity index (χ4v) is 3.60. The van der Waals surface area contributed by atoms with E-state index in [9.17, 15) is 14.4 Å². The maximum absolute atomic E-state index is 13.1. The van der Waals surface area contributed by atoms with Crippen molar-refractivity contribution in [3.8, 4) is 5.75 Å². The smallest absolute Gasteiger partial charge is 0.258 e. The Labute approximate surface area is 189 Å². The summed E-state index contributed by atoms with van der Waals surface area (Å²) in [6, 6.07) is 15.9. The van der Waals surface area contributed by atoms with Crippen LogP contribution in [0.3, 0.4) is 0 Å². The molecule has 2 aromatic rings. The Morgan fingerprint density at radius 1 is 0.906 bits per heavy atom. The van der Waals surface area contributed by atoms with E-state index in [2.05, 4.69) is 5.32 Å². The van der Waals surface area contributed by atoms with Crippen LogP contribution in [0.5, 0.6) is 5.75 Å². The molecule has 0 spiro atoms. The highest BCUT2D eigenvalue weighted by molar-refractivity contribution is 5.94. The molecule has 2 aromatic carbocycles. The maximum atomic E-state index is 13.1. The monoisotopic (exact) mass is 437 g/mol. The number of para-hydroxylation sites is 1. The molecular weight excluding hydrogens is 406 g/mol. The summed E-state index contributed by atoms with van der Waals surface area (Å²) >= 11 is 0. The zero-order valence-corrected chi connectivity index (χ0v) is 18.9. The predicted octanol–water partition coefficient (Wildman–Crippen LogP) is 2.50. The molecule has 3 rings (SSSR count). The molecule has 1 heterocycles. The highest BCUT2D eigenvalue weighted by Crippen LogP contribution is 2.13. The molecule has 1 unspecified atom stereocenters. The second kappa shape index (κ2) is 10.8. The standard InChI is InChI=1S/C25H31N3O4/c1-18(2)23(26-22(29)17-32-21-7-5-4-6-8-21)25(31)28-15-13-27(14-16-28)24(30)20-11-9-19(3)10-12-20/h4-12,18,23H,13-17H2,1-3H3,(H,26,29).